The molecular weight excluding hydrogens is 444 g/mol. The number of ether oxygens (including phenoxy) is 1. The van der Waals surface area contributed by atoms with E-state index in [-0.39, 0.29) is 24.2 Å². The van der Waals surface area contributed by atoms with Crippen molar-refractivity contribution < 1.29 is 19.4 Å². The maximum absolute atomic E-state index is 12.6. The van der Waals surface area contributed by atoms with Crippen LogP contribution in [-0.4, -0.2) is 56.1 Å². The number of rotatable bonds is 11. The molecule has 3 N–H and O–H groups in total. The fourth-order valence-electron chi connectivity index (χ4n) is 2.90. The largest absolute Gasteiger partial charge is 0.497 e. The average Bonchev–Trinajstić information content (AvgIpc) is 3.24. The van der Waals surface area contributed by atoms with Crippen molar-refractivity contribution in [2.24, 2.45) is 0 Å². The Labute approximate surface area is 195 Å². The van der Waals surface area contributed by atoms with E-state index >= 15 is 0 Å². The van der Waals surface area contributed by atoms with Gasteiger partial charge in [0.15, 0.2) is 11.0 Å². The van der Waals surface area contributed by atoms with Crippen molar-refractivity contribution in [2.45, 2.75) is 17.7 Å². The monoisotopic (exact) mass is 468 g/mol. The minimum atomic E-state index is -0.800. The molecule has 0 saturated carbocycles. The molecule has 10 nitrogen and oxygen atoms in total. The molecular formula is C22H24N6O4S. The molecule has 0 aliphatic carbocycles. The molecule has 3 aromatic rings. The number of thioether (sulfide) groups is 1. The number of aromatic nitrogens is 4. The number of allylic oxidation sites excluding steroid dienone is 1. The van der Waals surface area contributed by atoms with Crippen LogP contribution in [0.15, 0.2) is 66.6 Å². The zero-order chi connectivity index (χ0) is 23.6. The van der Waals surface area contributed by atoms with Gasteiger partial charge in [0.05, 0.1) is 31.4 Å². The number of nitrogens with zero attached hydrogens (tertiary/aromatic N) is 4. The third-order valence-corrected chi connectivity index (χ3v) is 5.45. The summed E-state index contributed by atoms with van der Waals surface area (Å²) in [6.07, 6.45) is 4.82. The molecule has 0 bridgehead atoms. The Morgan fingerprint density at radius 2 is 2.06 bits per heavy atom. The third-order valence-electron chi connectivity index (χ3n) is 4.49. The van der Waals surface area contributed by atoms with Gasteiger partial charge in [-0.1, -0.05) is 17.8 Å². The van der Waals surface area contributed by atoms with Crippen LogP contribution in [0.25, 0.3) is 0 Å². The first kappa shape index (κ1) is 24.0. The molecule has 0 spiro atoms. The number of anilines is 1. The van der Waals surface area contributed by atoms with Crippen LogP contribution < -0.4 is 15.4 Å². The number of carbonyl (C=O) groups is 2. The standard InChI is InChI=1S/C22H24N6O4S/c1-3-11-28-20(18(13-29)25-21(31)15-6-8-17(32-2)9-7-15)26-27-22(28)33-14-19(30)24-16-5-4-10-23-12-16/h3-10,12,18,29H,1,11,13-14H2,2H3,(H,24,30)(H,25,31)/t18-/m1/s1. The lowest BCUT2D eigenvalue weighted by molar-refractivity contribution is -0.113. The summed E-state index contributed by atoms with van der Waals surface area (Å²) < 4.78 is 6.80. The molecule has 0 saturated heterocycles. The normalized spacial score (nSPS) is 11.5. The Morgan fingerprint density at radius 1 is 1.27 bits per heavy atom. The molecule has 2 aromatic heterocycles. The van der Waals surface area contributed by atoms with E-state index in [4.69, 9.17) is 4.74 Å². The summed E-state index contributed by atoms with van der Waals surface area (Å²) in [5.41, 5.74) is 1.00. The fourth-order valence-corrected chi connectivity index (χ4v) is 3.66. The predicted octanol–water partition coefficient (Wildman–Crippen LogP) is 2.06. The van der Waals surface area contributed by atoms with Crippen molar-refractivity contribution in [1.29, 1.82) is 0 Å². The van der Waals surface area contributed by atoms with E-state index in [1.54, 1.807) is 66.5 Å². The van der Waals surface area contributed by atoms with Gasteiger partial charge < -0.3 is 25.0 Å². The van der Waals surface area contributed by atoms with Crippen molar-refractivity contribution in [3.8, 4) is 5.75 Å². The van der Waals surface area contributed by atoms with Gasteiger partial charge in [-0.15, -0.1) is 16.8 Å². The first-order valence-corrected chi connectivity index (χ1v) is 11.0. The van der Waals surface area contributed by atoms with Gasteiger partial charge >= 0.3 is 0 Å². The second-order valence-electron chi connectivity index (χ2n) is 6.76. The fraction of sp³-hybridized carbons (Fsp3) is 0.227. The first-order valence-electron chi connectivity index (χ1n) is 9.98. The second-order valence-corrected chi connectivity index (χ2v) is 7.70. The number of pyridine rings is 1. The van der Waals surface area contributed by atoms with E-state index in [2.05, 4.69) is 32.4 Å². The Morgan fingerprint density at radius 3 is 2.70 bits per heavy atom. The van der Waals surface area contributed by atoms with Crippen molar-refractivity contribution in [1.82, 2.24) is 25.1 Å². The van der Waals surface area contributed by atoms with E-state index in [1.807, 2.05) is 0 Å². The summed E-state index contributed by atoms with van der Waals surface area (Å²) in [6.45, 7) is 3.70. The van der Waals surface area contributed by atoms with Crippen molar-refractivity contribution in [3.05, 3.63) is 72.8 Å². The Balaban J connectivity index is 1.69. The van der Waals surface area contributed by atoms with Crippen LogP contribution in [0.3, 0.4) is 0 Å². The highest BCUT2D eigenvalue weighted by Crippen LogP contribution is 2.22. The highest BCUT2D eigenvalue weighted by atomic mass is 32.2. The minimum absolute atomic E-state index is 0.0895. The molecule has 0 unspecified atom stereocenters. The third kappa shape index (κ3) is 6.40. The van der Waals surface area contributed by atoms with Gasteiger partial charge in [-0.2, -0.15) is 0 Å². The maximum atomic E-state index is 12.6. The highest BCUT2D eigenvalue weighted by molar-refractivity contribution is 7.99. The highest BCUT2D eigenvalue weighted by Gasteiger charge is 2.23. The molecule has 11 heteroatoms. The number of hydrogen-bond acceptors (Lipinski definition) is 8. The molecule has 2 amide bonds. The molecule has 0 aliphatic rings. The molecule has 172 valence electrons. The van der Waals surface area contributed by atoms with Crippen LogP contribution >= 0.6 is 11.8 Å². The van der Waals surface area contributed by atoms with Crippen LogP contribution in [0.1, 0.15) is 22.2 Å². The summed E-state index contributed by atoms with van der Waals surface area (Å²) in [6, 6.07) is 9.27. The van der Waals surface area contributed by atoms with Crippen LogP contribution in [0.4, 0.5) is 5.69 Å². The molecule has 0 aliphatic heterocycles. The van der Waals surface area contributed by atoms with E-state index < -0.39 is 6.04 Å². The van der Waals surface area contributed by atoms with Crippen LogP contribution in [0.2, 0.25) is 0 Å². The summed E-state index contributed by atoms with van der Waals surface area (Å²) in [7, 11) is 1.54. The molecule has 2 heterocycles. The van der Waals surface area contributed by atoms with Gasteiger partial charge in [-0.3, -0.25) is 14.6 Å². The number of aliphatic hydroxyl groups excluding tert-OH is 1. The summed E-state index contributed by atoms with van der Waals surface area (Å²) in [5.74, 6) is 0.468. The Kier molecular flexibility index (Phi) is 8.56. The van der Waals surface area contributed by atoms with Gasteiger partial charge in [0.1, 0.15) is 11.8 Å². The zero-order valence-corrected chi connectivity index (χ0v) is 18.8. The lowest BCUT2D eigenvalue weighted by atomic mass is 10.2. The van der Waals surface area contributed by atoms with Crippen LogP contribution in [0.5, 0.6) is 5.75 Å². The van der Waals surface area contributed by atoms with Crippen LogP contribution in [-0.2, 0) is 11.3 Å². The second kappa shape index (κ2) is 11.8. The lowest BCUT2D eigenvalue weighted by Crippen LogP contribution is -2.33. The smallest absolute Gasteiger partial charge is 0.251 e. The lowest BCUT2D eigenvalue weighted by Gasteiger charge is -2.17. The van der Waals surface area contributed by atoms with Crippen molar-refractivity contribution >= 4 is 29.3 Å². The van der Waals surface area contributed by atoms with E-state index in [0.29, 0.717) is 34.5 Å². The molecule has 3 rings (SSSR count). The molecule has 33 heavy (non-hydrogen) atoms. The molecule has 0 fully saturated rings. The molecule has 0 radical (unpaired) electrons. The summed E-state index contributed by atoms with van der Waals surface area (Å²) >= 11 is 1.18. The van der Waals surface area contributed by atoms with Gasteiger partial charge in [0, 0.05) is 18.3 Å². The number of nitrogens with one attached hydrogen (secondary N) is 2. The number of carbonyl (C=O) groups excluding carboxylic acids is 2. The van der Waals surface area contributed by atoms with Crippen molar-refractivity contribution in [2.75, 3.05) is 24.8 Å². The minimum Gasteiger partial charge on any atom is -0.497 e. The molecule has 1 atom stereocenters. The zero-order valence-electron chi connectivity index (χ0n) is 18.0. The quantitative estimate of drug-likeness (QED) is 0.288. The van der Waals surface area contributed by atoms with E-state index in [9.17, 15) is 14.7 Å². The van der Waals surface area contributed by atoms with E-state index in [0.717, 1.165) is 0 Å². The van der Waals surface area contributed by atoms with Crippen molar-refractivity contribution in [3.63, 3.8) is 0 Å². The van der Waals surface area contributed by atoms with Gasteiger partial charge in [-0.05, 0) is 36.4 Å². The molecule has 1 aromatic carbocycles. The van der Waals surface area contributed by atoms with Gasteiger partial charge in [0.2, 0.25) is 5.91 Å². The number of amides is 2. The SMILES string of the molecule is C=CCn1c(SCC(=O)Nc2cccnc2)nnc1[C@@H](CO)NC(=O)c1ccc(OC)cc1. The number of hydrogen-bond donors (Lipinski definition) is 3. The number of methoxy groups -OCH3 is 1. The van der Waals surface area contributed by atoms with Gasteiger partial charge in [0.25, 0.3) is 5.91 Å². The Hall–Kier alpha value is -3.70. The van der Waals surface area contributed by atoms with E-state index in [1.165, 1.54) is 11.8 Å². The summed E-state index contributed by atoms with van der Waals surface area (Å²) in [4.78, 5) is 28.9. The number of benzene rings is 1. The number of aliphatic hydroxyl groups is 1. The Bertz CT molecular complexity index is 1090. The average molecular weight is 469 g/mol. The van der Waals surface area contributed by atoms with Gasteiger partial charge in [-0.25, -0.2) is 0 Å². The summed E-state index contributed by atoms with van der Waals surface area (Å²) in [5, 5.41) is 24.2. The predicted molar refractivity (Wildman–Crippen MR) is 124 cm³/mol. The van der Waals surface area contributed by atoms with Crippen LogP contribution in [0, 0.1) is 0 Å². The maximum Gasteiger partial charge on any atom is 0.251 e. The first-order chi connectivity index (χ1) is 16.0. The topological polar surface area (TPSA) is 131 Å².